The molecule has 0 aliphatic carbocycles. The molecule has 3 aromatic rings. The van der Waals surface area contributed by atoms with Crippen molar-refractivity contribution < 1.29 is 22.7 Å². The first-order chi connectivity index (χ1) is 16.9. The van der Waals surface area contributed by atoms with Gasteiger partial charge in [-0.2, -0.15) is 0 Å². The van der Waals surface area contributed by atoms with Crippen molar-refractivity contribution in [3.05, 3.63) is 78.4 Å². The fraction of sp³-hybridized carbons (Fsp3) is 0.296. The lowest BCUT2D eigenvalue weighted by molar-refractivity contribution is 0.102. The van der Waals surface area contributed by atoms with Crippen LogP contribution in [0.2, 0.25) is 0 Å². The van der Waals surface area contributed by atoms with Gasteiger partial charge in [0.15, 0.2) is 0 Å². The van der Waals surface area contributed by atoms with Gasteiger partial charge in [-0.15, -0.1) is 0 Å². The van der Waals surface area contributed by atoms with E-state index in [1.54, 1.807) is 60.7 Å². The zero-order valence-corrected chi connectivity index (χ0v) is 20.9. The van der Waals surface area contributed by atoms with Crippen LogP contribution in [0.3, 0.4) is 0 Å². The maximum atomic E-state index is 12.7. The lowest BCUT2D eigenvalue weighted by Gasteiger charge is -2.11. The van der Waals surface area contributed by atoms with Crippen LogP contribution in [0.25, 0.3) is 0 Å². The number of amides is 1. The zero-order valence-electron chi connectivity index (χ0n) is 20.1. The van der Waals surface area contributed by atoms with E-state index in [0.717, 1.165) is 18.6 Å². The Bertz CT molecular complexity index is 1180. The molecule has 2 N–H and O–H groups in total. The number of ether oxygens (including phenoxy) is 2. The van der Waals surface area contributed by atoms with Gasteiger partial charge in [0.2, 0.25) is 0 Å². The maximum Gasteiger partial charge on any atom is 0.261 e. The maximum absolute atomic E-state index is 12.7. The molecular formula is C27H32N2O5S. The molecule has 0 spiro atoms. The van der Waals surface area contributed by atoms with Crippen LogP contribution in [0.15, 0.2) is 77.7 Å². The van der Waals surface area contributed by atoms with E-state index in [1.165, 1.54) is 25.0 Å². The van der Waals surface area contributed by atoms with Gasteiger partial charge in [0.25, 0.3) is 15.9 Å². The third kappa shape index (κ3) is 8.03. The van der Waals surface area contributed by atoms with Crippen molar-refractivity contribution in [3.63, 3.8) is 0 Å². The van der Waals surface area contributed by atoms with Crippen LogP contribution in [0.4, 0.5) is 11.4 Å². The number of hydrogen-bond donors (Lipinski definition) is 2. The molecular weight excluding hydrogens is 464 g/mol. The van der Waals surface area contributed by atoms with Crippen molar-refractivity contribution in [1.29, 1.82) is 0 Å². The molecule has 0 unspecified atom stereocenters. The summed E-state index contributed by atoms with van der Waals surface area (Å²) in [5.41, 5.74) is 1.41. The highest BCUT2D eigenvalue weighted by molar-refractivity contribution is 7.92. The molecule has 3 aromatic carbocycles. The Kier molecular flexibility index (Phi) is 9.55. The van der Waals surface area contributed by atoms with Crippen molar-refractivity contribution in [1.82, 2.24) is 0 Å². The van der Waals surface area contributed by atoms with E-state index in [-0.39, 0.29) is 10.8 Å². The summed E-state index contributed by atoms with van der Waals surface area (Å²) < 4.78 is 39.0. The molecule has 1 amide bonds. The van der Waals surface area contributed by atoms with Crippen LogP contribution in [-0.2, 0) is 10.0 Å². The minimum absolute atomic E-state index is 0.0878. The molecule has 0 bridgehead atoms. The van der Waals surface area contributed by atoms with E-state index in [4.69, 9.17) is 9.47 Å². The fourth-order valence-electron chi connectivity index (χ4n) is 3.34. The first kappa shape index (κ1) is 26.1. The van der Waals surface area contributed by atoms with Gasteiger partial charge in [-0.3, -0.25) is 9.52 Å². The summed E-state index contributed by atoms with van der Waals surface area (Å²) in [6, 6.07) is 19.6. The van der Waals surface area contributed by atoms with E-state index < -0.39 is 10.0 Å². The molecule has 0 atom stereocenters. The van der Waals surface area contributed by atoms with Gasteiger partial charge in [-0.1, -0.05) is 26.2 Å². The van der Waals surface area contributed by atoms with Gasteiger partial charge in [0.05, 0.1) is 18.1 Å². The SMILES string of the molecule is CCCCCCOc1ccc(C(=O)Nc2ccc(S(=O)(=O)Nc3ccc(OCC)cc3)cc2)cc1. The topological polar surface area (TPSA) is 93.7 Å². The number of anilines is 2. The van der Waals surface area contributed by atoms with Crippen molar-refractivity contribution in [3.8, 4) is 11.5 Å². The van der Waals surface area contributed by atoms with Crippen LogP contribution in [0.1, 0.15) is 49.9 Å². The second kappa shape index (κ2) is 12.8. The minimum Gasteiger partial charge on any atom is -0.494 e. The summed E-state index contributed by atoms with van der Waals surface area (Å²) >= 11 is 0. The molecule has 3 rings (SSSR count). The number of rotatable bonds is 13. The largest absolute Gasteiger partial charge is 0.494 e. The third-order valence-corrected chi connectivity index (χ3v) is 6.62. The predicted octanol–water partition coefficient (Wildman–Crippen LogP) is 6.10. The summed E-state index contributed by atoms with van der Waals surface area (Å²) in [5, 5.41) is 2.78. The number of unbranched alkanes of at least 4 members (excludes halogenated alkanes) is 3. The predicted molar refractivity (Wildman–Crippen MR) is 139 cm³/mol. The van der Waals surface area contributed by atoms with Crippen LogP contribution < -0.4 is 19.5 Å². The molecule has 35 heavy (non-hydrogen) atoms. The highest BCUT2D eigenvalue weighted by Gasteiger charge is 2.15. The first-order valence-corrected chi connectivity index (χ1v) is 13.3. The van der Waals surface area contributed by atoms with Crippen LogP contribution >= 0.6 is 0 Å². The molecule has 0 heterocycles. The van der Waals surface area contributed by atoms with Gasteiger partial charge >= 0.3 is 0 Å². The number of nitrogens with one attached hydrogen (secondary N) is 2. The first-order valence-electron chi connectivity index (χ1n) is 11.8. The molecule has 0 saturated heterocycles. The molecule has 0 fully saturated rings. The quantitative estimate of drug-likeness (QED) is 0.279. The lowest BCUT2D eigenvalue weighted by atomic mass is 10.2. The molecule has 0 aliphatic rings. The normalized spacial score (nSPS) is 11.0. The molecule has 0 saturated carbocycles. The number of carbonyl (C=O) groups excluding carboxylic acids is 1. The smallest absolute Gasteiger partial charge is 0.261 e. The number of hydrogen-bond acceptors (Lipinski definition) is 5. The molecule has 0 radical (unpaired) electrons. The lowest BCUT2D eigenvalue weighted by Crippen LogP contribution is -2.14. The molecule has 7 nitrogen and oxygen atoms in total. The highest BCUT2D eigenvalue weighted by Crippen LogP contribution is 2.21. The summed E-state index contributed by atoms with van der Waals surface area (Å²) in [6.45, 7) is 5.24. The van der Waals surface area contributed by atoms with Crippen molar-refractivity contribution in [2.24, 2.45) is 0 Å². The zero-order chi connectivity index (χ0) is 25.1. The van der Waals surface area contributed by atoms with Crippen LogP contribution in [0, 0.1) is 0 Å². The molecule has 186 valence electrons. The van der Waals surface area contributed by atoms with Crippen LogP contribution in [0.5, 0.6) is 11.5 Å². The number of sulfonamides is 1. The summed E-state index contributed by atoms with van der Waals surface area (Å²) in [7, 11) is -3.77. The minimum atomic E-state index is -3.77. The Balaban J connectivity index is 1.54. The van der Waals surface area contributed by atoms with Gasteiger partial charge in [-0.05, 0) is 86.1 Å². The van der Waals surface area contributed by atoms with Gasteiger partial charge in [0, 0.05) is 16.9 Å². The summed E-state index contributed by atoms with van der Waals surface area (Å²) in [5.74, 6) is 1.11. The number of carbonyl (C=O) groups is 1. The Hall–Kier alpha value is -3.52. The van der Waals surface area contributed by atoms with Crippen LogP contribution in [-0.4, -0.2) is 27.5 Å². The number of benzene rings is 3. The monoisotopic (exact) mass is 496 g/mol. The average molecular weight is 497 g/mol. The second-order valence-corrected chi connectivity index (χ2v) is 9.66. The van der Waals surface area contributed by atoms with Gasteiger partial charge in [-0.25, -0.2) is 8.42 Å². The Morgan fingerprint density at radius 3 is 1.97 bits per heavy atom. The van der Waals surface area contributed by atoms with E-state index in [1.807, 2.05) is 6.92 Å². The van der Waals surface area contributed by atoms with Crippen molar-refractivity contribution in [2.75, 3.05) is 23.3 Å². The van der Waals surface area contributed by atoms with E-state index >= 15 is 0 Å². The van der Waals surface area contributed by atoms with E-state index in [0.29, 0.717) is 35.9 Å². The molecule has 0 aliphatic heterocycles. The highest BCUT2D eigenvalue weighted by atomic mass is 32.2. The Morgan fingerprint density at radius 2 is 1.34 bits per heavy atom. The summed E-state index contributed by atoms with van der Waals surface area (Å²) in [4.78, 5) is 12.6. The standard InChI is InChI=1S/C27H32N2O5S/c1-3-5-6-7-20-34-25-14-8-21(9-15-25)27(30)28-22-12-18-26(19-13-22)35(31,32)29-23-10-16-24(17-11-23)33-4-2/h8-19,29H,3-7,20H2,1-2H3,(H,28,30). The Labute approximate surface area is 207 Å². The average Bonchev–Trinajstić information content (AvgIpc) is 2.86. The van der Waals surface area contributed by atoms with Gasteiger partial charge in [0.1, 0.15) is 11.5 Å². The summed E-state index contributed by atoms with van der Waals surface area (Å²) in [6.07, 6.45) is 4.55. The molecule has 8 heteroatoms. The van der Waals surface area contributed by atoms with E-state index in [2.05, 4.69) is 17.0 Å². The van der Waals surface area contributed by atoms with Crippen molar-refractivity contribution in [2.45, 2.75) is 44.4 Å². The fourth-order valence-corrected chi connectivity index (χ4v) is 4.40. The Morgan fingerprint density at radius 1 is 0.743 bits per heavy atom. The van der Waals surface area contributed by atoms with Gasteiger partial charge < -0.3 is 14.8 Å². The molecule has 0 aromatic heterocycles. The van der Waals surface area contributed by atoms with Crippen molar-refractivity contribution >= 4 is 27.3 Å². The third-order valence-electron chi connectivity index (χ3n) is 5.22. The van der Waals surface area contributed by atoms with E-state index in [9.17, 15) is 13.2 Å². The second-order valence-electron chi connectivity index (χ2n) is 7.97.